The predicted octanol–water partition coefficient (Wildman–Crippen LogP) is 5.41. The number of carbonyl (C=O) groups is 2. The molecule has 6 heteroatoms. The van der Waals surface area contributed by atoms with E-state index in [1.54, 1.807) is 7.11 Å². The third-order valence-electron chi connectivity index (χ3n) is 6.58. The first-order valence-corrected chi connectivity index (χ1v) is 12.2. The zero-order valence-corrected chi connectivity index (χ0v) is 20.9. The Bertz CT molecular complexity index is 1160. The molecule has 6 nitrogen and oxygen atoms in total. The van der Waals surface area contributed by atoms with Gasteiger partial charge in [0.2, 0.25) is 0 Å². The lowest BCUT2D eigenvalue weighted by Gasteiger charge is -2.36. The average Bonchev–Trinajstić information content (AvgIpc) is 2.87. The molecule has 0 radical (unpaired) electrons. The number of hydrogen-bond donors (Lipinski definition) is 1. The first kappa shape index (κ1) is 24.6. The fourth-order valence-corrected chi connectivity index (χ4v) is 5.01. The van der Waals surface area contributed by atoms with E-state index in [1.165, 1.54) is 0 Å². The van der Waals surface area contributed by atoms with Crippen molar-refractivity contribution in [1.82, 2.24) is 5.32 Å². The normalized spacial score (nSPS) is 19.7. The van der Waals surface area contributed by atoms with Gasteiger partial charge in [0.1, 0.15) is 0 Å². The molecule has 1 N–H and O–H groups in total. The first-order valence-electron chi connectivity index (χ1n) is 12.2. The van der Waals surface area contributed by atoms with E-state index in [1.807, 2.05) is 57.2 Å². The maximum absolute atomic E-state index is 13.7. The van der Waals surface area contributed by atoms with Crippen LogP contribution < -0.4 is 14.8 Å². The Kier molecular flexibility index (Phi) is 7.59. The molecule has 1 heterocycles. The second-order valence-corrected chi connectivity index (χ2v) is 8.91. The summed E-state index contributed by atoms with van der Waals surface area (Å²) in [6.07, 6.45) is 1.81. The van der Waals surface area contributed by atoms with E-state index in [0.29, 0.717) is 54.4 Å². The molecular weight excluding hydrogens is 442 g/mol. The lowest BCUT2D eigenvalue weighted by molar-refractivity contribution is -0.139. The zero-order chi connectivity index (χ0) is 24.9. The van der Waals surface area contributed by atoms with Crippen molar-refractivity contribution in [3.05, 3.63) is 82.2 Å². The first-order chi connectivity index (χ1) is 17.0. The Hall–Kier alpha value is -3.54. The summed E-state index contributed by atoms with van der Waals surface area (Å²) in [5.74, 6) is 0.375. The van der Waals surface area contributed by atoms with Crippen LogP contribution in [0.25, 0.3) is 0 Å². The van der Waals surface area contributed by atoms with Crippen molar-refractivity contribution in [2.45, 2.75) is 51.9 Å². The molecule has 0 bridgehead atoms. The number of ether oxygens (including phenoxy) is 3. The number of carbonyl (C=O) groups excluding carboxylic acids is 2. The second kappa shape index (κ2) is 10.8. The van der Waals surface area contributed by atoms with Gasteiger partial charge >= 0.3 is 5.97 Å². The molecule has 184 valence electrons. The number of rotatable bonds is 8. The van der Waals surface area contributed by atoms with Crippen molar-refractivity contribution in [3.8, 4) is 11.5 Å². The van der Waals surface area contributed by atoms with Crippen LogP contribution in [0.3, 0.4) is 0 Å². The van der Waals surface area contributed by atoms with Crippen molar-refractivity contribution in [3.63, 3.8) is 0 Å². The van der Waals surface area contributed by atoms with Crippen LogP contribution in [0.2, 0.25) is 0 Å². The number of ketones is 1. The SMILES string of the molecule is CCCOC(=O)C1=C(C)NC2=C(C(=O)C[C@H](c3ccccc3)C2)[C@@H]1c1ccc(OCC)c(OC)c1. The van der Waals surface area contributed by atoms with Crippen LogP contribution in [0.4, 0.5) is 0 Å². The van der Waals surface area contributed by atoms with Crippen LogP contribution in [0, 0.1) is 0 Å². The third kappa shape index (κ3) is 4.97. The Labute approximate surface area is 207 Å². The van der Waals surface area contributed by atoms with Crippen LogP contribution >= 0.6 is 0 Å². The molecule has 0 unspecified atom stereocenters. The van der Waals surface area contributed by atoms with Crippen LogP contribution in [0.15, 0.2) is 71.1 Å². The van der Waals surface area contributed by atoms with Crippen LogP contribution in [-0.2, 0) is 14.3 Å². The molecule has 0 aromatic heterocycles. The molecule has 0 amide bonds. The molecule has 2 aromatic rings. The van der Waals surface area contributed by atoms with E-state index in [2.05, 4.69) is 17.4 Å². The lowest BCUT2D eigenvalue weighted by Crippen LogP contribution is -2.36. The highest BCUT2D eigenvalue weighted by atomic mass is 16.5. The summed E-state index contributed by atoms with van der Waals surface area (Å²) in [5.41, 5.74) is 4.63. The fourth-order valence-electron chi connectivity index (χ4n) is 5.01. The van der Waals surface area contributed by atoms with Crippen molar-refractivity contribution in [2.24, 2.45) is 0 Å². The van der Waals surface area contributed by atoms with Gasteiger partial charge in [0, 0.05) is 29.3 Å². The van der Waals surface area contributed by atoms with Gasteiger partial charge in [-0.1, -0.05) is 43.3 Å². The fraction of sp³-hybridized carbons (Fsp3) is 0.379. The number of dihydropyridines is 1. The van der Waals surface area contributed by atoms with Crippen LogP contribution in [0.5, 0.6) is 11.5 Å². The molecule has 1 aliphatic heterocycles. The third-order valence-corrected chi connectivity index (χ3v) is 6.58. The topological polar surface area (TPSA) is 73.9 Å². The summed E-state index contributed by atoms with van der Waals surface area (Å²) in [5, 5.41) is 3.40. The zero-order valence-electron chi connectivity index (χ0n) is 20.9. The van der Waals surface area contributed by atoms with E-state index in [9.17, 15) is 9.59 Å². The molecular formula is C29H33NO5. The Morgan fingerprint density at radius 3 is 2.49 bits per heavy atom. The van der Waals surface area contributed by atoms with E-state index < -0.39 is 11.9 Å². The molecule has 2 aliphatic rings. The maximum Gasteiger partial charge on any atom is 0.336 e. The molecule has 1 aliphatic carbocycles. The van der Waals surface area contributed by atoms with Crippen LogP contribution in [0.1, 0.15) is 63.0 Å². The summed E-state index contributed by atoms with van der Waals surface area (Å²) in [7, 11) is 1.59. The summed E-state index contributed by atoms with van der Waals surface area (Å²) >= 11 is 0. The van der Waals surface area contributed by atoms with Gasteiger partial charge in [-0.05, 0) is 55.9 Å². The highest BCUT2D eigenvalue weighted by Gasteiger charge is 2.41. The number of Topliss-reactive ketones (excluding diaryl/α,β-unsaturated/α-hetero) is 1. The summed E-state index contributed by atoms with van der Waals surface area (Å²) in [4.78, 5) is 26.9. The van der Waals surface area contributed by atoms with E-state index in [4.69, 9.17) is 14.2 Å². The van der Waals surface area contributed by atoms with Crippen molar-refractivity contribution in [2.75, 3.05) is 20.3 Å². The lowest BCUT2D eigenvalue weighted by atomic mass is 9.71. The van der Waals surface area contributed by atoms with E-state index in [0.717, 1.165) is 23.2 Å². The summed E-state index contributed by atoms with van der Waals surface area (Å²) in [6, 6.07) is 15.7. The summed E-state index contributed by atoms with van der Waals surface area (Å²) < 4.78 is 16.8. The predicted molar refractivity (Wildman–Crippen MR) is 134 cm³/mol. The molecule has 35 heavy (non-hydrogen) atoms. The van der Waals surface area contributed by atoms with Gasteiger partial charge in [-0.3, -0.25) is 4.79 Å². The number of methoxy groups -OCH3 is 1. The van der Waals surface area contributed by atoms with Crippen molar-refractivity contribution in [1.29, 1.82) is 0 Å². The minimum Gasteiger partial charge on any atom is -0.493 e. The maximum atomic E-state index is 13.7. The highest BCUT2D eigenvalue weighted by Crippen LogP contribution is 2.47. The molecule has 2 aromatic carbocycles. The molecule has 0 saturated heterocycles. The van der Waals surface area contributed by atoms with Gasteiger partial charge in [0.15, 0.2) is 17.3 Å². The average molecular weight is 476 g/mol. The molecule has 4 rings (SSSR count). The Balaban J connectivity index is 1.81. The standard InChI is InChI=1S/C29H33NO5/c1-5-14-35-29(32)26-18(3)30-22-15-21(19-10-8-7-9-11-19)16-23(31)28(22)27(26)20-12-13-24(34-6-2)25(17-20)33-4/h7-13,17,21,27,30H,5-6,14-16H2,1-4H3/t21-,27-/m1/s1. The summed E-state index contributed by atoms with van der Waals surface area (Å²) in [6.45, 7) is 6.57. The minimum absolute atomic E-state index is 0.0405. The van der Waals surface area contributed by atoms with Crippen LogP contribution in [-0.4, -0.2) is 32.1 Å². The Morgan fingerprint density at radius 2 is 1.80 bits per heavy atom. The number of nitrogens with one attached hydrogen (secondary N) is 1. The van der Waals surface area contributed by atoms with E-state index in [-0.39, 0.29) is 11.7 Å². The molecule has 2 atom stereocenters. The number of esters is 1. The smallest absolute Gasteiger partial charge is 0.336 e. The van der Waals surface area contributed by atoms with Gasteiger partial charge in [-0.2, -0.15) is 0 Å². The molecule has 0 spiro atoms. The van der Waals surface area contributed by atoms with Gasteiger partial charge in [0.25, 0.3) is 0 Å². The number of allylic oxidation sites excluding steroid dienone is 3. The molecule has 0 fully saturated rings. The number of benzene rings is 2. The molecule has 0 saturated carbocycles. The van der Waals surface area contributed by atoms with Crippen molar-refractivity contribution >= 4 is 11.8 Å². The minimum atomic E-state index is -0.538. The largest absolute Gasteiger partial charge is 0.493 e. The van der Waals surface area contributed by atoms with Gasteiger partial charge in [0.05, 0.1) is 25.9 Å². The monoisotopic (exact) mass is 475 g/mol. The van der Waals surface area contributed by atoms with Gasteiger partial charge < -0.3 is 19.5 Å². The van der Waals surface area contributed by atoms with E-state index >= 15 is 0 Å². The van der Waals surface area contributed by atoms with Gasteiger partial charge in [-0.15, -0.1) is 0 Å². The van der Waals surface area contributed by atoms with Crippen molar-refractivity contribution < 1.29 is 23.8 Å². The quantitative estimate of drug-likeness (QED) is 0.515. The van der Waals surface area contributed by atoms with Gasteiger partial charge in [-0.25, -0.2) is 4.79 Å². The highest BCUT2D eigenvalue weighted by molar-refractivity contribution is 6.04. The second-order valence-electron chi connectivity index (χ2n) is 8.91. The Morgan fingerprint density at radius 1 is 1.03 bits per heavy atom. The number of hydrogen-bond acceptors (Lipinski definition) is 6.